The molecule has 33 heavy (non-hydrogen) atoms. The summed E-state index contributed by atoms with van der Waals surface area (Å²) < 4.78 is 0. The predicted molar refractivity (Wildman–Crippen MR) is 131 cm³/mol. The number of nitrogens with zero attached hydrogens (tertiary/aromatic N) is 2. The van der Waals surface area contributed by atoms with Crippen molar-refractivity contribution in [3.8, 4) is 11.3 Å². The lowest BCUT2D eigenvalue weighted by atomic mass is 9.90. The van der Waals surface area contributed by atoms with Crippen LogP contribution in [-0.2, 0) is 19.4 Å². The number of carbonyl (C=O) groups excluding carboxylic acids is 1. The highest BCUT2D eigenvalue weighted by atomic mass is 16.3. The van der Waals surface area contributed by atoms with E-state index in [0.717, 1.165) is 46.5 Å². The first kappa shape index (κ1) is 20.8. The SMILES string of the molecule is O=C(Nc1nc2c(nc1/C=C/c1ccccc1)-c1ccc(CO)cc1CC2)c1ccccc1. The number of anilines is 1. The molecule has 5 heteroatoms. The van der Waals surface area contributed by atoms with E-state index >= 15 is 0 Å². The largest absolute Gasteiger partial charge is 0.392 e. The number of hydrogen-bond donors (Lipinski definition) is 2. The van der Waals surface area contributed by atoms with Crippen molar-refractivity contribution in [3.05, 3.63) is 113 Å². The summed E-state index contributed by atoms with van der Waals surface area (Å²) in [5.74, 6) is 0.230. The molecule has 0 unspecified atom stereocenters. The molecule has 0 spiro atoms. The van der Waals surface area contributed by atoms with E-state index in [1.54, 1.807) is 12.1 Å². The highest BCUT2D eigenvalue weighted by Crippen LogP contribution is 2.34. The van der Waals surface area contributed by atoms with Gasteiger partial charge in [0.15, 0.2) is 5.82 Å². The lowest BCUT2D eigenvalue weighted by Crippen LogP contribution is -2.17. The minimum Gasteiger partial charge on any atom is -0.392 e. The predicted octanol–water partition coefficient (Wildman–Crippen LogP) is 5.16. The summed E-state index contributed by atoms with van der Waals surface area (Å²) in [5.41, 5.74) is 6.95. The fraction of sp³-hybridized carbons (Fsp3) is 0.107. The number of rotatable bonds is 5. The van der Waals surface area contributed by atoms with Crippen LogP contribution in [0.3, 0.4) is 0 Å². The number of aliphatic hydroxyl groups is 1. The Morgan fingerprint density at radius 1 is 0.909 bits per heavy atom. The van der Waals surface area contributed by atoms with E-state index in [1.165, 1.54) is 0 Å². The molecule has 5 nitrogen and oxygen atoms in total. The second-order valence-electron chi connectivity index (χ2n) is 7.97. The molecular weight excluding hydrogens is 410 g/mol. The molecule has 0 saturated heterocycles. The summed E-state index contributed by atoms with van der Waals surface area (Å²) in [5, 5.41) is 12.5. The van der Waals surface area contributed by atoms with E-state index in [4.69, 9.17) is 9.97 Å². The van der Waals surface area contributed by atoms with Gasteiger partial charge in [-0.15, -0.1) is 0 Å². The van der Waals surface area contributed by atoms with Gasteiger partial charge in [0.1, 0.15) is 5.69 Å². The number of benzene rings is 3. The van der Waals surface area contributed by atoms with Crippen LogP contribution in [0.4, 0.5) is 5.82 Å². The number of fused-ring (bicyclic) bond motifs is 3. The maximum absolute atomic E-state index is 12.9. The Hall–Kier alpha value is -4.09. The van der Waals surface area contributed by atoms with E-state index in [-0.39, 0.29) is 12.5 Å². The molecule has 0 saturated carbocycles. The summed E-state index contributed by atoms with van der Waals surface area (Å²) in [6.07, 6.45) is 5.39. The molecule has 4 aromatic rings. The van der Waals surface area contributed by atoms with E-state index in [0.29, 0.717) is 17.1 Å². The Morgan fingerprint density at radius 3 is 2.42 bits per heavy atom. The van der Waals surface area contributed by atoms with E-state index in [9.17, 15) is 9.90 Å². The van der Waals surface area contributed by atoms with Crippen molar-refractivity contribution in [2.75, 3.05) is 5.32 Å². The molecule has 1 aromatic heterocycles. The van der Waals surface area contributed by atoms with Crippen molar-refractivity contribution in [1.82, 2.24) is 9.97 Å². The van der Waals surface area contributed by atoms with Crippen molar-refractivity contribution >= 4 is 23.9 Å². The molecule has 162 valence electrons. The molecule has 0 atom stereocenters. The Labute approximate surface area is 192 Å². The summed E-state index contributed by atoms with van der Waals surface area (Å²) in [6.45, 7) is 0.0152. The van der Waals surface area contributed by atoms with Crippen molar-refractivity contribution < 1.29 is 9.90 Å². The first-order valence-electron chi connectivity index (χ1n) is 10.9. The van der Waals surface area contributed by atoms with Gasteiger partial charge in [0.05, 0.1) is 18.0 Å². The highest BCUT2D eigenvalue weighted by molar-refractivity contribution is 6.04. The van der Waals surface area contributed by atoms with Gasteiger partial charge in [-0.3, -0.25) is 4.79 Å². The molecule has 5 rings (SSSR count). The summed E-state index contributed by atoms with van der Waals surface area (Å²) in [4.78, 5) is 22.6. The van der Waals surface area contributed by atoms with Gasteiger partial charge in [-0.25, -0.2) is 9.97 Å². The number of nitrogens with one attached hydrogen (secondary N) is 1. The van der Waals surface area contributed by atoms with Crippen LogP contribution < -0.4 is 5.32 Å². The molecule has 3 aromatic carbocycles. The Kier molecular flexibility index (Phi) is 5.79. The first-order chi connectivity index (χ1) is 16.2. The van der Waals surface area contributed by atoms with Crippen LogP contribution in [0.1, 0.15) is 38.4 Å². The molecule has 0 aliphatic heterocycles. The maximum Gasteiger partial charge on any atom is 0.256 e. The quantitative estimate of drug-likeness (QED) is 0.456. The third-order valence-corrected chi connectivity index (χ3v) is 5.73. The molecule has 0 fully saturated rings. The first-order valence-corrected chi connectivity index (χ1v) is 10.9. The van der Waals surface area contributed by atoms with Gasteiger partial charge in [-0.05, 0) is 47.7 Å². The molecule has 0 radical (unpaired) electrons. The Balaban J connectivity index is 1.57. The van der Waals surface area contributed by atoms with Crippen molar-refractivity contribution in [3.63, 3.8) is 0 Å². The standard InChI is InChI=1S/C28H23N3O2/c32-18-20-11-14-23-22(17-20)13-16-24-26(23)29-25(15-12-19-7-3-1-4-8-19)27(30-24)31-28(33)21-9-5-2-6-10-21/h1-12,14-15,17,32H,13,16,18H2,(H,30,31,33)/b15-12+. The van der Waals surface area contributed by atoms with Crippen molar-refractivity contribution in [1.29, 1.82) is 0 Å². The van der Waals surface area contributed by atoms with Gasteiger partial charge in [-0.2, -0.15) is 0 Å². The van der Waals surface area contributed by atoms with E-state index < -0.39 is 0 Å². The molecule has 1 heterocycles. The van der Waals surface area contributed by atoms with Gasteiger partial charge in [0.25, 0.3) is 5.91 Å². The van der Waals surface area contributed by atoms with Crippen LogP contribution in [0.15, 0.2) is 78.9 Å². The minimum absolute atomic E-state index is 0.0152. The molecule has 1 aliphatic rings. The highest BCUT2D eigenvalue weighted by Gasteiger charge is 2.22. The van der Waals surface area contributed by atoms with Crippen LogP contribution in [0.25, 0.3) is 23.4 Å². The number of amides is 1. The fourth-order valence-corrected chi connectivity index (χ4v) is 4.03. The Bertz CT molecular complexity index is 1330. The maximum atomic E-state index is 12.9. The summed E-state index contributed by atoms with van der Waals surface area (Å²) in [6, 6.07) is 25.0. The van der Waals surface area contributed by atoms with Gasteiger partial charge in [-0.1, -0.05) is 72.8 Å². The smallest absolute Gasteiger partial charge is 0.256 e. The monoisotopic (exact) mass is 433 g/mol. The lowest BCUT2D eigenvalue weighted by molar-refractivity contribution is 0.102. The van der Waals surface area contributed by atoms with E-state index in [1.807, 2.05) is 78.9 Å². The number of aliphatic hydroxyl groups excluding tert-OH is 1. The van der Waals surface area contributed by atoms with Gasteiger partial charge in [0.2, 0.25) is 0 Å². The van der Waals surface area contributed by atoms with Gasteiger partial charge >= 0.3 is 0 Å². The van der Waals surface area contributed by atoms with Crippen molar-refractivity contribution in [2.45, 2.75) is 19.4 Å². The Morgan fingerprint density at radius 2 is 1.67 bits per heavy atom. The topological polar surface area (TPSA) is 75.1 Å². The van der Waals surface area contributed by atoms with Gasteiger partial charge in [0, 0.05) is 11.1 Å². The number of carbonyl (C=O) groups is 1. The zero-order chi connectivity index (χ0) is 22.6. The minimum atomic E-state index is -0.219. The van der Waals surface area contributed by atoms with Gasteiger partial charge < -0.3 is 10.4 Å². The van der Waals surface area contributed by atoms with Crippen LogP contribution >= 0.6 is 0 Å². The molecule has 1 aliphatic carbocycles. The number of aryl methyl sites for hydroxylation is 2. The zero-order valence-corrected chi connectivity index (χ0v) is 18.0. The average Bonchev–Trinajstić information content (AvgIpc) is 2.88. The molecule has 1 amide bonds. The van der Waals surface area contributed by atoms with E-state index in [2.05, 4.69) is 5.32 Å². The molecular formula is C28H23N3O2. The van der Waals surface area contributed by atoms with Crippen LogP contribution in [0, 0.1) is 0 Å². The van der Waals surface area contributed by atoms with Crippen LogP contribution in [-0.4, -0.2) is 21.0 Å². The zero-order valence-electron chi connectivity index (χ0n) is 18.0. The van der Waals surface area contributed by atoms with Crippen molar-refractivity contribution in [2.24, 2.45) is 0 Å². The van der Waals surface area contributed by atoms with Crippen LogP contribution in [0.2, 0.25) is 0 Å². The summed E-state index contributed by atoms with van der Waals surface area (Å²) in [7, 11) is 0. The molecule has 0 bridgehead atoms. The number of hydrogen-bond acceptors (Lipinski definition) is 4. The second kappa shape index (κ2) is 9.18. The molecule has 2 N–H and O–H groups in total. The third-order valence-electron chi connectivity index (χ3n) is 5.73. The fourth-order valence-electron chi connectivity index (χ4n) is 4.03. The number of aromatic nitrogens is 2. The van der Waals surface area contributed by atoms with Crippen LogP contribution in [0.5, 0.6) is 0 Å². The second-order valence-corrected chi connectivity index (χ2v) is 7.97. The normalized spacial score (nSPS) is 12.3. The average molecular weight is 434 g/mol. The lowest BCUT2D eigenvalue weighted by Gasteiger charge is -2.21. The summed E-state index contributed by atoms with van der Waals surface area (Å²) >= 11 is 0. The third kappa shape index (κ3) is 4.45.